The summed E-state index contributed by atoms with van der Waals surface area (Å²) in [5, 5.41) is 9.51. The molecule has 0 bridgehead atoms. The summed E-state index contributed by atoms with van der Waals surface area (Å²) in [6.07, 6.45) is 0.497. The van der Waals surface area contributed by atoms with E-state index in [2.05, 4.69) is 36.7 Å². The highest BCUT2D eigenvalue weighted by molar-refractivity contribution is 6.08. The Kier molecular flexibility index (Phi) is 3.68. The molecule has 22 heavy (non-hydrogen) atoms. The molecule has 2 heteroatoms. The number of carbonyl (C=O) groups is 1. The van der Waals surface area contributed by atoms with Gasteiger partial charge in [0.05, 0.1) is 0 Å². The average Bonchev–Trinajstić information content (AvgIpc) is 2.53. The molecule has 0 aliphatic rings. The molecule has 0 saturated heterocycles. The first-order chi connectivity index (χ1) is 10.6. The second kappa shape index (κ2) is 5.64. The Balaban J connectivity index is 2.28. The molecule has 0 heterocycles. The zero-order chi connectivity index (χ0) is 15.7. The Hall–Kier alpha value is -2.61. The van der Waals surface area contributed by atoms with Gasteiger partial charge < -0.3 is 5.32 Å². The SMILES string of the molecule is C=c1cccc2ccc3c(CNC(=O)CC)ccc(=C)c3c12. The fourth-order valence-corrected chi connectivity index (χ4v) is 2.90. The van der Waals surface area contributed by atoms with Crippen LogP contribution in [-0.2, 0) is 11.3 Å². The van der Waals surface area contributed by atoms with Gasteiger partial charge in [-0.2, -0.15) is 0 Å². The number of benzene rings is 3. The van der Waals surface area contributed by atoms with E-state index in [-0.39, 0.29) is 5.91 Å². The number of hydrogen-bond acceptors (Lipinski definition) is 1. The molecule has 0 spiro atoms. The zero-order valence-corrected chi connectivity index (χ0v) is 12.8. The molecule has 3 aromatic rings. The van der Waals surface area contributed by atoms with Crippen molar-refractivity contribution in [1.29, 1.82) is 0 Å². The summed E-state index contributed by atoms with van der Waals surface area (Å²) < 4.78 is 0. The van der Waals surface area contributed by atoms with Crippen LogP contribution in [0.3, 0.4) is 0 Å². The molecule has 0 aliphatic carbocycles. The summed E-state index contributed by atoms with van der Waals surface area (Å²) in [4.78, 5) is 11.5. The number of rotatable bonds is 3. The second-order valence-corrected chi connectivity index (χ2v) is 5.52. The van der Waals surface area contributed by atoms with E-state index in [1.165, 1.54) is 5.39 Å². The Morgan fingerprint density at radius 2 is 1.77 bits per heavy atom. The largest absolute Gasteiger partial charge is 0.352 e. The van der Waals surface area contributed by atoms with Crippen molar-refractivity contribution in [2.45, 2.75) is 19.9 Å². The molecule has 0 atom stereocenters. The van der Waals surface area contributed by atoms with Crippen LogP contribution in [0, 0.1) is 0 Å². The molecular formula is C20H19NO. The maximum atomic E-state index is 11.5. The molecule has 0 unspecified atom stereocenters. The van der Waals surface area contributed by atoms with Gasteiger partial charge in [0, 0.05) is 13.0 Å². The van der Waals surface area contributed by atoms with Crippen LogP contribution in [0.5, 0.6) is 0 Å². The van der Waals surface area contributed by atoms with Gasteiger partial charge in [0.2, 0.25) is 5.91 Å². The monoisotopic (exact) mass is 289 g/mol. The molecule has 0 fully saturated rings. The minimum atomic E-state index is 0.0606. The number of amides is 1. The van der Waals surface area contributed by atoms with Crippen LogP contribution in [0.15, 0.2) is 42.5 Å². The van der Waals surface area contributed by atoms with Crippen molar-refractivity contribution < 1.29 is 4.79 Å². The molecule has 0 aliphatic heterocycles. The molecule has 0 aromatic heterocycles. The molecule has 1 N–H and O–H groups in total. The smallest absolute Gasteiger partial charge is 0.219 e. The van der Waals surface area contributed by atoms with Gasteiger partial charge in [0.1, 0.15) is 0 Å². The van der Waals surface area contributed by atoms with Gasteiger partial charge >= 0.3 is 0 Å². The molecule has 3 aromatic carbocycles. The van der Waals surface area contributed by atoms with Crippen LogP contribution in [0.4, 0.5) is 0 Å². The predicted octanol–water partition coefficient (Wildman–Crippen LogP) is 2.84. The van der Waals surface area contributed by atoms with Gasteiger partial charge in [0.15, 0.2) is 0 Å². The Labute approximate surface area is 129 Å². The minimum Gasteiger partial charge on any atom is -0.352 e. The molecule has 110 valence electrons. The van der Waals surface area contributed by atoms with Crippen molar-refractivity contribution >= 4 is 40.6 Å². The van der Waals surface area contributed by atoms with E-state index in [0.29, 0.717) is 13.0 Å². The maximum absolute atomic E-state index is 11.5. The van der Waals surface area contributed by atoms with Crippen molar-refractivity contribution in [2.24, 2.45) is 0 Å². The number of hydrogen-bond donors (Lipinski definition) is 1. The van der Waals surface area contributed by atoms with Crippen LogP contribution in [0.2, 0.25) is 0 Å². The first-order valence-electron chi connectivity index (χ1n) is 7.49. The molecular weight excluding hydrogens is 270 g/mol. The third-order valence-corrected chi connectivity index (χ3v) is 4.08. The first kappa shape index (κ1) is 14.3. The zero-order valence-electron chi connectivity index (χ0n) is 12.8. The van der Waals surface area contributed by atoms with Gasteiger partial charge in [-0.3, -0.25) is 4.79 Å². The summed E-state index contributed by atoms with van der Waals surface area (Å²) in [6, 6.07) is 14.4. The predicted molar refractivity (Wildman–Crippen MR) is 93.9 cm³/mol. The lowest BCUT2D eigenvalue weighted by molar-refractivity contribution is -0.120. The van der Waals surface area contributed by atoms with Crippen molar-refractivity contribution in [3.63, 3.8) is 0 Å². The van der Waals surface area contributed by atoms with Crippen LogP contribution < -0.4 is 15.8 Å². The first-order valence-corrected chi connectivity index (χ1v) is 7.49. The highest BCUT2D eigenvalue weighted by atomic mass is 16.1. The fraction of sp³-hybridized carbons (Fsp3) is 0.150. The topological polar surface area (TPSA) is 29.1 Å². The molecule has 2 nitrogen and oxygen atoms in total. The third-order valence-electron chi connectivity index (χ3n) is 4.08. The van der Waals surface area contributed by atoms with E-state index in [1.54, 1.807) is 0 Å². The standard InChI is InChI=1S/C20H19NO/c1-4-18(22)21-12-16-9-8-14(3)20-17(16)11-10-15-7-5-6-13(2)19(15)20/h5-11H,2-4,12H2,1H3,(H,21,22). The summed E-state index contributed by atoms with van der Waals surface area (Å²) in [5.74, 6) is 0.0606. The van der Waals surface area contributed by atoms with E-state index in [4.69, 9.17) is 0 Å². The van der Waals surface area contributed by atoms with Crippen molar-refractivity contribution in [3.8, 4) is 0 Å². The number of carbonyl (C=O) groups excluding carboxylic acids is 1. The van der Waals surface area contributed by atoms with Gasteiger partial charge in [-0.05, 0) is 37.5 Å². The highest BCUT2D eigenvalue weighted by Crippen LogP contribution is 2.23. The van der Waals surface area contributed by atoms with E-state index >= 15 is 0 Å². The minimum absolute atomic E-state index is 0.0606. The maximum Gasteiger partial charge on any atom is 0.219 e. The van der Waals surface area contributed by atoms with E-state index in [9.17, 15) is 4.79 Å². The fourth-order valence-electron chi connectivity index (χ4n) is 2.90. The summed E-state index contributed by atoms with van der Waals surface area (Å²) in [7, 11) is 0. The summed E-state index contributed by atoms with van der Waals surface area (Å²) >= 11 is 0. The molecule has 0 saturated carbocycles. The van der Waals surface area contributed by atoms with Gasteiger partial charge in [-0.15, -0.1) is 0 Å². The van der Waals surface area contributed by atoms with Gasteiger partial charge in [-0.25, -0.2) is 0 Å². The summed E-state index contributed by atoms with van der Waals surface area (Å²) in [5.41, 5.74) is 1.11. The highest BCUT2D eigenvalue weighted by Gasteiger charge is 2.07. The number of fused-ring (bicyclic) bond motifs is 3. The van der Waals surface area contributed by atoms with Crippen LogP contribution in [-0.4, -0.2) is 5.91 Å². The van der Waals surface area contributed by atoms with Crippen molar-refractivity contribution in [3.05, 3.63) is 58.5 Å². The van der Waals surface area contributed by atoms with Crippen LogP contribution in [0.25, 0.3) is 34.7 Å². The average molecular weight is 289 g/mol. The molecule has 3 rings (SSSR count). The van der Waals surface area contributed by atoms with E-state index in [0.717, 1.165) is 32.2 Å². The van der Waals surface area contributed by atoms with E-state index < -0.39 is 0 Å². The van der Waals surface area contributed by atoms with E-state index in [1.807, 2.05) is 31.2 Å². The normalized spacial score (nSPS) is 11.0. The lowest BCUT2D eigenvalue weighted by Crippen LogP contribution is -2.22. The van der Waals surface area contributed by atoms with Gasteiger partial charge in [-0.1, -0.05) is 62.5 Å². The molecule has 0 radical (unpaired) electrons. The lowest BCUT2D eigenvalue weighted by atomic mass is 9.96. The van der Waals surface area contributed by atoms with Crippen molar-refractivity contribution in [2.75, 3.05) is 0 Å². The Morgan fingerprint density at radius 1 is 1.00 bits per heavy atom. The number of nitrogens with one attached hydrogen (secondary N) is 1. The van der Waals surface area contributed by atoms with Crippen LogP contribution >= 0.6 is 0 Å². The second-order valence-electron chi connectivity index (χ2n) is 5.52. The quantitative estimate of drug-likeness (QED) is 0.738. The van der Waals surface area contributed by atoms with Crippen molar-refractivity contribution in [1.82, 2.24) is 5.32 Å². The third kappa shape index (κ3) is 2.37. The Bertz CT molecular complexity index is 972. The van der Waals surface area contributed by atoms with Gasteiger partial charge in [0.25, 0.3) is 0 Å². The molecule has 1 amide bonds. The summed E-state index contributed by atoms with van der Waals surface area (Å²) in [6.45, 7) is 10.7. The Morgan fingerprint density at radius 3 is 2.55 bits per heavy atom. The van der Waals surface area contributed by atoms with Crippen LogP contribution in [0.1, 0.15) is 18.9 Å². The lowest BCUT2D eigenvalue weighted by Gasteiger charge is -2.11.